The van der Waals surface area contributed by atoms with Crippen molar-refractivity contribution >= 4 is 17.3 Å². The summed E-state index contributed by atoms with van der Waals surface area (Å²) in [6.45, 7) is 5.12. The highest BCUT2D eigenvalue weighted by atomic mass is 19.4. The zero-order chi connectivity index (χ0) is 21.1. The molecule has 0 bridgehead atoms. The summed E-state index contributed by atoms with van der Waals surface area (Å²) in [5.74, 6) is -0.0553. The zero-order valence-electron chi connectivity index (χ0n) is 16.3. The molecule has 0 saturated carbocycles. The fourth-order valence-corrected chi connectivity index (χ4v) is 2.99. The first kappa shape index (κ1) is 21.0. The molecule has 1 saturated heterocycles. The van der Waals surface area contributed by atoms with E-state index in [4.69, 9.17) is 9.47 Å². The van der Waals surface area contributed by atoms with Gasteiger partial charge in [0.15, 0.2) is 5.60 Å². The van der Waals surface area contributed by atoms with Gasteiger partial charge < -0.3 is 19.7 Å². The van der Waals surface area contributed by atoms with E-state index in [-0.39, 0.29) is 5.69 Å². The van der Waals surface area contributed by atoms with E-state index in [1.165, 1.54) is 6.07 Å². The third-order valence-corrected chi connectivity index (χ3v) is 4.59. The molecule has 1 N–H and O–H groups in total. The Labute approximate surface area is 167 Å². The Kier molecular flexibility index (Phi) is 6.02. The largest absolute Gasteiger partial charge is 0.478 e. The summed E-state index contributed by atoms with van der Waals surface area (Å²) in [6.07, 6.45) is -4.51. The van der Waals surface area contributed by atoms with Crippen molar-refractivity contribution in [3.63, 3.8) is 0 Å². The Hall–Kier alpha value is -2.74. The summed E-state index contributed by atoms with van der Waals surface area (Å²) in [6, 6.07) is 12.1. The second-order valence-electron chi connectivity index (χ2n) is 7.21. The molecule has 3 rings (SSSR count). The van der Waals surface area contributed by atoms with Crippen LogP contribution in [0.2, 0.25) is 0 Å². The van der Waals surface area contributed by atoms with Crippen LogP contribution in [-0.4, -0.2) is 37.8 Å². The molecule has 0 radical (unpaired) electrons. The van der Waals surface area contributed by atoms with Crippen molar-refractivity contribution in [1.29, 1.82) is 0 Å². The van der Waals surface area contributed by atoms with E-state index in [9.17, 15) is 18.0 Å². The molecule has 1 aliphatic rings. The topological polar surface area (TPSA) is 50.8 Å². The highest BCUT2D eigenvalue weighted by Gasteiger charge is 2.34. The van der Waals surface area contributed by atoms with Gasteiger partial charge in [-0.2, -0.15) is 13.2 Å². The number of carbonyl (C=O) groups is 1. The van der Waals surface area contributed by atoms with E-state index in [1.807, 2.05) is 11.0 Å². The number of amides is 1. The molecule has 8 heteroatoms. The van der Waals surface area contributed by atoms with Crippen LogP contribution in [0.1, 0.15) is 19.4 Å². The first-order valence-corrected chi connectivity index (χ1v) is 9.26. The van der Waals surface area contributed by atoms with Gasteiger partial charge in [-0.1, -0.05) is 18.2 Å². The summed E-state index contributed by atoms with van der Waals surface area (Å²) in [7, 11) is 0. The molecule has 0 spiro atoms. The van der Waals surface area contributed by atoms with Crippen molar-refractivity contribution in [2.75, 3.05) is 36.5 Å². The van der Waals surface area contributed by atoms with Gasteiger partial charge in [0.1, 0.15) is 5.75 Å². The lowest BCUT2D eigenvalue weighted by Gasteiger charge is -2.32. The van der Waals surface area contributed by atoms with Gasteiger partial charge >= 0.3 is 6.18 Å². The number of rotatable bonds is 5. The van der Waals surface area contributed by atoms with E-state index in [0.717, 1.165) is 12.1 Å². The highest BCUT2D eigenvalue weighted by Crippen LogP contribution is 2.36. The first-order chi connectivity index (χ1) is 13.7. The molecule has 156 valence electrons. The Morgan fingerprint density at radius 1 is 1.07 bits per heavy atom. The molecule has 5 nitrogen and oxygen atoms in total. The highest BCUT2D eigenvalue weighted by molar-refractivity contribution is 5.99. The van der Waals surface area contributed by atoms with Gasteiger partial charge in [0, 0.05) is 13.1 Å². The molecule has 0 atom stereocenters. The number of halogens is 3. The molecule has 0 unspecified atom stereocenters. The summed E-state index contributed by atoms with van der Waals surface area (Å²) in [5.41, 5.74) is -1.51. The lowest BCUT2D eigenvalue weighted by molar-refractivity contribution is -0.137. The number of carbonyl (C=O) groups excluding carboxylic acids is 1. The van der Waals surface area contributed by atoms with Gasteiger partial charge in [0.05, 0.1) is 30.2 Å². The van der Waals surface area contributed by atoms with E-state index >= 15 is 0 Å². The summed E-state index contributed by atoms with van der Waals surface area (Å²) >= 11 is 0. The molecule has 0 aliphatic carbocycles. The normalized spacial score (nSPS) is 15.1. The van der Waals surface area contributed by atoms with Crippen LogP contribution < -0.4 is 15.0 Å². The number of hydrogen-bond acceptors (Lipinski definition) is 4. The minimum absolute atomic E-state index is 0.0939. The Balaban J connectivity index is 1.87. The van der Waals surface area contributed by atoms with Crippen molar-refractivity contribution in [1.82, 2.24) is 0 Å². The van der Waals surface area contributed by atoms with E-state index in [1.54, 1.807) is 38.1 Å². The number of para-hydroxylation sites is 1. The van der Waals surface area contributed by atoms with E-state index in [2.05, 4.69) is 5.32 Å². The quantitative estimate of drug-likeness (QED) is 0.800. The number of benzene rings is 2. The number of ether oxygens (including phenoxy) is 2. The first-order valence-electron chi connectivity index (χ1n) is 9.26. The van der Waals surface area contributed by atoms with Crippen LogP contribution in [0.5, 0.6) is 5.75 Å². The van der Waals surface area contributed by atoms with Crippen LogP contribution >= 0.6 is 0 Å². The van der Waals surface area contributed by atoms with Gasteiger partial charge in [-0.25, -0.2) is 0 Å². The molecule has 1 fully saturated rings. The maximum atomic E-state index is 13.2. The number of anilines is 2. The molecule has 1 amide bonds. The average molecular weight is 408 g/mol. The molecule has 1 heterocycles. The maximum Gasteiger partial charge on any atom is 0.416 e. The number of nitrogens with zero attached hydrogens (tertiary/aromatic N) is 1. The van der Waals surface area contributed by atoms with Crippen LogP contribution in [0.4, 0.5) is 24.5 Å². The fraction of sp³-hybridized carbons (Fsp3) is 0.381. The lowest BCUT2D eigenvalue weighted by atomic mass is 10.1. The van der Waals surface area contributed by atoms with Crippen LogP contribution in [0.25, 0.3) is 0 Å². The maximum absolute atomic E-state index is 13.2. The molecule has 2 aromatic rings. The standard InChI is InChI=1S/C21H23F3N2O3/c1-20(2,29-16-6-4-3-5-7-16)19(27)25-17-14-15(21(22,23)24)8-9-18(17)26-10-12-28-13-11-26/h3-9,14H,10-13H2,1-2H3,(H,25,27). The van der Waals surface area contributed by atoms with E-state index in [0.29, 0.717) is 37.7 Å². The number of morpholine rings is 1. The van der Waals surface area contributed by atoms with Gasteiger partial charge in [-0.3, -0.25) is 4.79 Å². The summed E-state index contributed by atoms with van der Waals surface area (Å²) < 4.78 is 50.8. The minimum Gasteiger partial charge on any atom is -0.478 e. The summed E-state index contributed by atoms with van der Waals surface area (Å²) in [4.78, 5) is 14.8. The predicted octanol–water partition coefficient (Wildman–Crippen LogP) is 4.34. The van der Waals surface area contributed by atoms with Gasteiger partial charge in [0.2, 0.25) is 0 Å². The monoisotopic (exact) mass is 408 g/mol. The van der Waals surface area contributed by atoms with Gasteiger partial charge in [0.25, 0.3) is 5.91 Å². The van der Waals surface area contributed by atoms with Crippen LogP contribution in [0, 0.1) is 0 Å². The van der Waals surface area contributed by atoms with Crippen LogP contribution in [-0.2, 0) is 15.7 Å². The molecule has 0 aromatic heterocycles. The average Bonchev–Trinajstić information content (AvgIpc) is 2.68. The second-order valence-corrected chi connectivity index (χ2v) is 7.21. The number of hydrogen-bond donors (Lipinski definition) is 1. The Morgan fingerprint density at radius 2 is 1.72 bits per heavy atom. The lowest BCUT2D eigenvalue weighted by Crippen LogP contribution is -2.43. The third kappa shape index (κ3) is 5.20. The van der Waals surface area contributed by atoms with Gasteiger partial charge in [-0.05, 0) is 44.2 Å². The third-order valence-electron chi connectivity index (χ3n) is 4.59. The van der Waals surface area contributed by atoms with Crippen molar-refractivity contribution in [2.24, 2.45) is 0 Å². The summed E-state index contributed by atoms with van der Waals surface area (Å²) in [5, 5.41) is 2.63. The molecular formula is C21H23F3N2O3. The fourth-order valence-electron chi connectivity index (χ4n) is 2.99. The number of nitrogens with one attached hydrogen (secondary N) is 1. The van der Waals surface area contributed by atoms with Crippen molar-refractivity contribution in [3.05, 3.63) is 54.1 Å². The smallest absolute Gasteiger partial charge is 0.416 e. The Morgan fingerprint density at radius 3 is 2.34 bits per heavy atom. The molecule has 2 aromatic carbocycles. The minimum atomic E-state index is -4.51. The van der Waals surface area contributed by atoms with Gasteiger partial charge in [-0.15, -0.1) is 0 Å². The van der Waals surface area contributed by atoms with Crippen molar-refractivity contribution in [3.8, 4) is 5.75 Å². The van der Waals surface area contributed by atoms with Crippen LogP contribution in [0.15, 0.2) is 48.5 Å². The number of alkyl halides is 3. The van der Waals surface area contributed by atoms with Crippen molar-refractivity contribution in [2.45, 2.75) is 25.6 Å². The van der Waals surface area contributed by atoms with Crippen molar-refractivity contribution < 1.29 is 27.4 Å². The molecule has 29 heavy (non-hydrogen) atoms. The molecular weight excluding hydrogens is 385 g/mol. The van der Waals surface area contributed by atoms with E-state index < -0.39 is 23.2 Å². The Bertz CT molecular complexity index is 848. The van der Waals surface area contributed by atoms with Crippen LogP contribution in [0.3, 0.4) is 0 Å². The zero-order valence-corrected chi connectivity index (χ0v) is 16.3. The second kappa shape index (κ2) is 8.32. The predicted molar refractivity (Wildman–Crippen MR) is 104 cm³/mol. The SMILES string of the molecule is CC(C)(Oc1ccccc1)C(=O)Nc1cc(C(F)(F)F)ccc1N1CCOCC1. The molecule has 1 aliphatic heterocycles.